The van der Waals surface area contributed by atoms with Crippen LogP contribution in [0.2, 0.25) is 0 Å². The lowest BCUT2D eigenvalue weighted by Gasteiger charge is -2.10. The summed E-state index contributed by atoms with van der Waals surface area (Å²) in [6, 6.07) is 5.09. The van der Waals surface area contributed by atoms with E-state index >= 15 is 0 Å². The molecular formula is C10H14BrNO3S. The Morgan fingerprint density at radius 2 is 2.12 bits per heavy atom. The number of ether oxygens (including phenoxy) is 1. The van der Waals surface area contributed by atoms with Crippen molar-refractivity contribution in [3.63, 3.8) is 0 Å². The molecule has 0 unspecified atom stereocenters. The highest BCUT2D eigenvalue weighted by molar-refractivity contribution is 9.09. The zero-order valence-corrected chi connectivity index (χ0v) is 11.6. The second kappa shape index (κ2) is 5.65. The van der Waals surface area contributed by atoms with Gasteiger partial charge in [-0.2, -0.15) is 0 Å². The van der Waals surface area contributed by atoms with E-state index in [0.717, 1.165) is 17.3 Å². The summed E-state index contributed by atoms with van der Waals surface area (Å²) in [4.78, 5) is 0.163. The van der Waals surface area contributed by atoms with E-state index in [0.29, 0.717) is 5.75 Å². The van der Waals surface area contributed by atoms with E-state index in [-0.39, 0.29) is 4.90 Å². The van der Waals surface area contributed by atoms with Crippen molar-refractivity contribution in [2.24, 2.45) is 0 Å². The summed E-state index contributed by atoms with van der Waals surface area (Å²) in [5.74, 6) is 0.368. The van der Waals surface area contributed by atoms with Gasteiger partial charge < -0.3 is 4.74 Å². The molecule has 16 heavy (non-hydrogen) atoms. The lowest BCUT2D eigenvalue weighted by Crippen LogP contribution is -2.19. The predicted octanol–water partition coefficient (Wildman–Crippen LogP) is 1.54. The molecule has 0 aliphatic heterocycles. The Labute approximate surface area is 104 Å². The largest absolute Gasteiger partial charge is 0.495 e. The third-order valence-corrected chi connectivity index (χ3v) is 4.02. The van der Waals surface area contributed by atoms with E-state index in [1.54, 1.807) is 18.2 Å². The molecule has 0 saturated carbocycles. The molecule has 0 aliphatic rings. The van der Waals surface area contributed by atoms with Crippen LogP contribution in [0.3, 0.4) is 0 Å². The van der Waals surface area contributed by atoms with Crippen LogP contribution in [0.15, 0.2) is 23.1 Å². The average Bonchev–Trinajstić information content (AvgIpc) is 2.29. The summed E-state index contributed by atoms with van der Waals surface area (Å²) in [5.41, 5.74) is 1.03. The van der Waals surface area contributed by atoms with Gasteiger partial charge in [0.05, 0.1) is 7.11 Å². The van der Waals surface area contributed by atoms with Crippen molar-refractivity contribution in [2.45, 2.75) is 11.3 Å². The fourth-order valence-electron chi connectivity index (χ4n) is 1.31. The molecule has 0 amide bonds. The minimum absolute atomic E-state index is 0.163. The molecule has 0 atom stereocenters. The van der Waals surface area contributed by atoms with Crippen LogP contribution in [-0.2, 0) is 16.4 Å². The number of nitrogens with one attached hydrogen (secondary N) is 1. The number of methoxy groups -OCH3 is 1. The Morgan fingerprint density at radius 3 is 2.62 bits per heavy atom. The van der Waals surface area contributed by atoms with Gasteiger partial charge in [0.15, 0.2) is 0 Å². The summed E-state index contributed by atoms with van der Waals surface area (Å²) >= 11 is 3.33. The molecule has 0 aliphatic carbocycles. The fraction of sp³-hybridized carbons (Fsp3) is 0.400. The minimum Gasteiger partial charge on any atom is -0.495 e. The molecule has 0 heterocycles. The average molecular weight is 308 g/mol. The van der Waals surface area contributed by atoms with Gasteiger partial charge >= 0.3 is 0 Å². The number of halogens is 1. The molecule has 0 spiro atoms. The van der Waals surface area contributed by atoms with E-state index in [2.05, 4.69) is 20.7 Å². The molecule has 1 N–H and O–H groups in total. The van der Waals surface area contributed by atoms with Crippen LogP contribution in [0.4, 0.5) is 0 Å². The van der Waals surface area contributed by atoms with Crippen molar-refractivity contribution in [2.75, 3.05) is 19.5 Å². The number of alkyl halides is 1. The molecule has 0 aromatic heterocycles. The number of hydrogen-bond donors (Lipinski definition) is 1. The number of rotatable bonds is 5. The molecule has 1 rings (SSSR count). The molecule has 0 radical (unpaired) electrons. The number of benzene rings is 1. The van der Waals surface area contributed by atoms with Crippen LogP contribution in [0.25, 0.3) is 0 Å². The zero-order chi connectivity index (χ0) is 12.2. The van der Waals surface area contributed by atoms with Gasteiger partial charge in [-0.25, -0.2) is 13.1 Å². The van der Waals surface area contributed by atoms with Crippen LogP contribution in [0, 0.1) is 0 Å². The first-order valence-electron chi connectivity index (χ1n) is 4.71. The van der Waals surface area contributed by atoms with Gasteiger partial charge in [-0.3, -0.25) is 0 Å². The lowest BCUT2D eigenvalue weighted by molar-refractivity contribution is 0.402. The maximum atomic E-state index is 11.6. The van der Waals surface area contributed by atoms with E-state index in [1.165, 1.54) is 14.2 Å². The van der Waals surface area contributed by atoms with Gasteiger partial charge in [0, 0.05) is 5.33 Å². The Kier molecular flexibility index (Phi) is 4.76. The first kappa shape index (κ1) is 13.5. The SMILES string of the molecule is CNS(=O)(=O)c1ccc(CCBr)cc1OC. The molecule has 1 aromatic rings. The van der Waals surface area contributed by atoms with Crippen molar-refractivity contribution in [3.05, 3.63) is 23.8 Å². The summed E-state index contributed by atoms with van der Waals surface area (Å²) in [7, 11) is -0.623. The smallest absolute Gasteiger partial charge is 0.243 e. The van der Waals surface area contributed by atoms with Gasteiger partial charge in [-0.15, -0.1) is 0 Å². The van der Waals surface area contributed by atoms with Crippen molar-refractivity contribution < 1.29 is 13.2 Å². The summed E-state index contributed by atoms with van der Waals surface area (Å²) < 4.78 is 30.7. The molecule has 0 bridgehead atoms. The normalized spacial score (nSPS) is 11.4. The van der Waals surface area contributed by atoms with E-state index in [9.17, 15) is 8.42 Å². The van der Waals surface area contributed by atoms with E-state index in [1.807, 2.05) is 0 Å². The highest BCUT2D eigenvalue weighted by atomic mass is 79.9. The van der Waals surface area contributed by atoms with Gasteiger partial charge in [0.25, 0.3) is 0 Å². The summed E-state index contributed by atoms with van der Waals surface area (Å²) in [6.07, 6.45) is 0.830. The van der Waals surface area contributed by atoms with E-state index in [4.69, 9.17) is 4.74 Å². The molecule has 0 saturated heterocycles. The Hall–Kier alpha value is -0.590. The number of sulfonamides is 1. The molecule has 1 aromatic carbocycles. The highest BCUT2D eigenvalue weighted by Gasteiger charge is 2.17. The summed E-state index contributed by atoms with van der Waals surface area (Å²) in [5, 5.41) is 0.828. The van der Waals surface area contributed by atoms with Crippen molar-refractivity contribution >= 4 is 26.0 Å². The van der Waals surface area contributed by atoms with Crippen molar-refractivity contribution in [1.29, 1.82) is 0 Å². The first-order valence-corrected chi connectivity index (χ1v) is 7.32. The van der Waals surface area contributed by atoms with Gasteiger partial charge in [-0.05, 0) is 31.2 Å². The minimum atomic E-state index is -3.46. The quantitative estimate of drug-likeness (QED) is 0.840. The van der Waals surface area contributed by atoms with Crippen LogP contribution < -0.4 is 9.46 Å². The molecule has 6 heteroatoms. The zero-order valence-electron chi connectivity index (χ0n) is 9.16. The van der Waals surface area contributed by atoms with Crippen molar-refractivity contribution in [1.82, 2.24) is 4.72 Å². The molecule has 4 nitrogen and oxygen atoms in total. The fourth-order valence-corrected chi connectivity index (χ4v) is 2.64. The first-order chi connectivity index (χ1) is 7.55. The molecule has 0 fully saturated rings. The Morgan fingerprint density at radius 1 is 1.44 bits per heavy atom. The van der Waals surface area contributed by atoms with Crippen LogP contribution in [0.1, 0.15) is 5.56 Å². The third-order valence-electron chi connectivity index (χ3n) is 2.17. The highest BCUT2D eigenvalue weighted by Crippen LogP contribution is 2.25. The van der Waals surface area contributed by atoms with E-state index < -0.39 is 10.0 Å². The number of hydrogen-bond acceptors (Lipinski definition) is 3. The second-order valence-corrected chi connectivity index (χ2v) is 5.78. The third kappa shape index (κ3) is 2.96. The second-order valence-electron chi connectivity index (χ2n) is 3.13. The number of aryl methyl sites for hydroxylation is 1. The lowest BCUT2D eigenvalue weighted by atomic mass is 10.2. The maximum absolute atomic E-state index is 11.6. The van der Waals surface area contributed by atoms with Gasteiger partial charge in [-0.1, -0.05) is 22.0 Å². The maximum Gasteiger partial charge on any atom is 0.243 e. The Bertz CT molecular complexity index is 459. The molecular weight excluding hydrogens is 294 g/mol. The monoisotopic (exact) mass is 307 g/mol. The topological polar surface area (TPSA) is 55.4 Å². The summed E-state index contributed by atoms with van der Waals surface area (Å²) in [6.45, 7) is 0. The van der Waals surface area contributed by atoms with Crippen LogP contribution in [-0.4, -0.2) is 27.9 Å². The van der Waals surface area contributed by atoms with Crippen LogP contribution >= 0.6 is 15.9 Å². The van der Waals surface area contributed by atoms with Crippen LogP contribution in [0.5, 0.6) is 5.75 Å². The Balaban J connectivity index is 3.22. The standard InChI is InChI=1S/C10H14BrNO3S/c1-12-16(13,14)10-4-3-8(5-6-11)7-9(10)15-2/h3-4,7,12H,5-6H2,1-2H3. The van der Waals surface area contributed by atoms with Gasteiger partial charge in [0.2, 0.25) is 10.0 Å². The molecule has 90 valence electrons. The van der Waals surface area contributed by atoms with Crippen molar-refractivity contribution in [3.8, 4) is 5.75 Å². The van der Waals surface area contributed by atoms with Gasteiger partial charge in [0.1, 0.15) is 10.6 Å². The predicted molar refractivity (Wildman–Crippen MR) is 66.7 cm³/mol.